The van der Waals surface area contributed by atoms with E-state index >= 15 is 0 Å². The molecule has 18 heavy (non-hydrogen) atoms. The molecule has 0 unspecified atom stereocenters. The molecule has 0 atom stereocenters. The smallest absolute Gasteiger partial charge is 0.0467 e. The van der Waals surface area contributed by atoms with Crippen molar-refractivity contribution in [1.29, 1.82) is 0 Å². The lowest BCUT2D eigenvalue weighted by Crippen LogP contribution is -2.15. The minimum Gasteiger partial charge on any atom is -0.317 e. The predicted molar refractivity (Wildman–Crippen MR) is 82.2 cm³/mol. The summed E-state index contributed by atoms with van der Waals surface area (Å²) < 4.78 is 0. The number of hydrogen-bond acceptors (Lipinski definition) is 1. The average Bonchev–Trinajstić information content (AvgIpc) is 2.30. The van der Waals surface area contributed by atoms with Gasteiger partial charge >= 0.3 is 0 Å². The molecule has 0 saturated heterocycles. The lowest BCUT2D eigenvalue weighted by molar-refractivity contribution is 0.599. The molecule has 0 radical (unpaired) electrons. The van der Waals surface area contributed by atoms with Crippen molar-refractivity contribution in [2.24, 2.45) is 0 Å². The van der Waals surface area contributed by atoms with Crippen LogP contribution in [-0.2, 0) is 6.42 Å². The first-order valence-electron chi connectivity index (χ1n) is 6.49. The van der Waals surface area contributed by atoms with Crippen LogP contribution in [0.4, 0.5) is 0 Å². The van der Waals surface area contributed by atoms with Gasteiger partial charge in [-0.05, 0) is 56.5 Å². The Morgan fingerprint density at radius 3 is 2.22 bits per heavy atom. The van der Waals surface area contributed by atoms with E-state index in [1.54, 1.807) is 12.1 Å². The van der Waals surface area contributed by atoms with Crippen molar-refractivity contribution in [1.82, 2.24) is 5.32 Å². The molecule has 0 saturated carbocycles. The van der Waals surface area contributed by atoms with Crippen molar-refractivity contribution >= 4 is 34.8 Å². The third kappa shape index (κ3) is 5.79. The minimum atomic E-state index is 0.595. The molecule has 0 aliphatic heterocycles. The number of unbranched alkanes of at least 4 members (excludes halogenated alkanes) is 2. The molecule has 0 aliphatic rings. The molecule has 1 rings (SSSR count). The molecule has 1 N–H and O–H groups in total. The summed E-state index contributed by atoms with van der Waals surface area (Å²) in [5.74, 6) is 0. The summed E-state index contributed by atoms with van der Waals surface area (Å²) in [6.45, 7) is 4.38. The third-order valence-electron chi connectivity index (χ3n) is 2.81. The van der Waals surface area contributed by atoms with Crippen LogP contribution in [0.5, 0.6) is 0 Å². The molecule has 0 amide bonds. The van der Waals surface area contributed by atoms with E-state index in [0.29, 0.717) is 15.1 Å². The fourth-order valence-corrected chi connectivity index (χ4v) is 2.85. The number of nitrogens with one attached hydrogen (secondary N) is 1. The minimum absolute atomic E-state index is 0.595. The highest BCUT2D eigenvalue weighted by Crippen LogP contribution is 2.30. The largest absolute Gasteiger partial charge is 0.317 e. The van der Waals surface area contributed by atoms with Gasteiger partial charge in [-0.1, -0.05) is 48.1 Å². The van der Waals surface area contributed by atoms with Crippen molar-refractivity contribution in [3.63, 3.8) is 0 Å². The zero-order valence-corrected chi connectivity index (χ0v) is 13.0. The second-order valence-corrected chi connectivity index (χ2v) is 5.66. The number of rotatable bonds is 8. The first-order valence-corrected chi connectivity index (χ1v) is 7.62. The standard InChI is InChI=1S/C14H20Cl3N/c1-2-7-18-8-5-3-4-6-12-13(16)9-11(15)10-14(12)17/h9-10,18H,2-8H2,1H3. The Labute approximate surface area is 125 Å². The molecule has 0 spiro atoms. The van der Waals surface area contributed by atoms with E-state index in [1.165, 1.54) is 19.3 Å². The maximum atomic E-state index is 6.13. The molecule has 1 nitrogen and oxygen atoms in total. The van der Waals surface area contributed by atoms with Gasteiger partial charge in [-0.2, -0.15) is 0 Å². The first kappa shape index (κ1) is 16.1. The lowest BCUT2D eigenvalue weighted by atomic mass is 10.1. The Morgan fingerprint density at radius 2 is 1.61 bits per heavy atom. The molecule has 0 bridgehead atoms. The van der Waals surface area contributed by atoms with Gasteiger partial charge in [0.15, 0.2) is 0 Å². The van der Waals surface area contributed by atoms with Crippen molar-refractivity contribution in [2.75, 3.05) is 13.1 Å². The van der Waals surface area contributed by atoms with Crippen LogP contribution in [0.1, 0.15) is 38.2 Å². The number of benzene rings is 1. The van der Waals surface area contributed by atoms with Gasteiger partial charge < -0.3 is 5.32 Å². The quantitative estimate of drug-likeness (QED) is 0.638. The Hall–Kier alpha value is 0.0500. The molecular formula is C14H20Cl3N. The van der Waals surface area contributed by atoms with Crippen LogP contribution in [0.25, 0.3) is 0 Å². The summed E-state index contributed by atoms with van der Waals surface area (Å²) >= 11 is 18.1. The summed E-state index contributed by atoms with van der Waals surface area (Å²) in [6.07, 6.45) is 5.60. The van der Waals surface area contributed by atoms with Crippen LogP contribution in [0.2, 0.25) is 15.1 Å². The molecule has 1 aromatic rings. The third-order valence-corrected chi connectivity index (χ3v) is 3.71. The normalized spacial score (nSPS) is 10.9. The van der Waals surface area contributed by atoms with Gasteiger partial charge in [-0.15, -0.1) is 0 Å². The molecule has 4 heteroatoms. The van der Waals surface area contributed by atoms with Crippen LogP contribution in [-0.4, -0.2) is 13.1 Å². The maximum absolute atomic E-state index is 6.13. The van der Waals surface area contributed by atoms with E-state index in [9.17, 15) is 0 Å². The van der Waals surface area contributed by atoms with Gasteiger partial charge in [0.2, 0.25) is 0 Å². The highest BCUT2D eigenvalue weighted by atomic mass is 35.5. The number of halogens is 3. The molecule has 0 heterocycles. The van der Waals surface area contributed by atoms with E-state index in [2.05, 4.69) is 12.2 Å². The highest BCUT2D eigenvalue weighted by molar-refractivity contribution is 6.39. The Balaban J connectivity index is 2.27. The molecular weight excluding hydrogens is 289 g/mol. The summed E-state index contributed by atoms with van der Waals surface area (Å²) in [5.41, 5.74) is 1.02. The van der Waals surface area contributed by atoms with E-state index in [0.717, 1.165) is 31.5 Å². The van der Waals surface area contributed by atoms with Gasteiger partial charge in [0, 0.05) is 15.1 Å². The van der Waals surface area contributed by atoms with Gasteiger partial charge in [-0.3, -0.25) is 0 Å². The Morgan fingerprint density at radius 1 is 0.944 bits per heavy atom. The topological polar surface area (TPSA) is 12.0 Å². The molecule has 0 aromatic heterocycles. The lowest BCUT2D eigenvalue weighted by Gasteiger charge is -2.08. The van der Waals surface area contributed by atoms with Crippen LogP contribution in [0.3, 0.4) is 0 Å². The average molecular weight is 309 g/mol. The number of hydrogen-bond donors (Lipinski definition) is 1. The van der Waals surface area contributed by atoms with E-state index < -0.39 is 0 Å². The summed E-state index contributed by atoms with van der Waals surface area (Å²) in [4.78, 5) is 0. The second-order valence-electron chi connectivity index (χ2n) is 4.41. The van der Waals surface area contributed by atoms with Crippen LogP contribution < -0.4 is 5.32 Å². The Bertz CT molecular complexity index is 343. The highest BCUT2D eigenvalue weighted by Gasteiger charge is 2.07. The van der Waals surface area contributed by atoms with Crippen molar-refractivity contribution in [3.05, 3.63) is 32.8 Å². The Kier molecular flexibility index (Phi) is 8.08. The van der Waals surface area contributed by atoms with Crippen LogP contribution >= 0.6 is 34.8 Å². The molecule has 1 aromatic carbocycles. The fourth-order valence-electron chi connectivity index (χ4n) is 1.84. The maximum Gasteiger partial charge on any atom is 0.0467 e. The van der Waals surface area contributed by atoms with E-state index in [4.69, 9.17) is 34.8 Å². The van der Waals surface area contributed by atoms with Crippen molar-refractivity contribution in [2.45, 2.75) is 39.0 Å². The SMILES string of the molecule is CCCNCCCCCc1c(Cl)cc(Cl)cc1Cl. The summed E-state index contributed by atoms with van der Waals surface area (Å²) in [5, 5.41) is 5.34. The zero-order valence-electron chi connectivity index (χ0n) is 10.7. The molecule has 102 valence electrons. The van der Waals surface area contributed by atoms with Crippen LogP contribution in [0.15, 0.2) is 12.1 Å². The molecule has 0 aliphatic carbocycles. The van der Waals surface area contributed by atoms with Crippen molar-refractivity contribution < 1.29 is 0 Å². The monoisotopic (exact) mass is 307 g/mol. The predicted octanol–water partition coefficient (Wildman–Crippen LogP) is 5.36. The molecule has 0 fully saturated rings. The fraction of sp³-hybridized carbons (Fsp3) is 0.571. The van der Waals surface area contributed by atoms with Gasteiger partial charge in [0.25, 0.3) is 0 Å². The summed E-state index contributed by atoms with van der Waals surface area (Å²) in [7, 11) is 0. The summed E-state index contributed by atoms with van der Waals surface area (Å²) in [6, 6.07) is 3.51. The van der Waals surface area contributed by atoms with Gasteiger partial charge in [0.05, 0.1) is 0 Å². The van der Waals surface area contributed by atoms with E-state index in [-0.39, 0.29) is 0 Å². The van der Waals surface area contributed by atoms with Crippen LogP contribution in [0, 0.1) is 0 Å². The van der Waals surface area contributed by atoms with E-state index in [1.807, 2.05) is 0 Å². The second kappa shape index (κ2) is 9.03. The zero-order chi connectivity index (χ0) is 13.4. The van der Waals surface area contributed by atoms with Gasteiger partial charge in [-0.25, -0.2) is 0 Å². The van der Waals surface area contributed by atoms with Gasteiger partial charge in [0.1, 0.15) is 0 Å². The van der Waals surface area contributed by atoms with Crippen molar-refractivity contribution in [3.8, 4) is 0 Å². The first-order chi connectivity index (χ1) is 8.65.